The number of carbonyl (C=O) groups is 2. The Balaban J connectivity index is 2.38. The van der Waals surface area contributed by atoms with Gasteiger partial charge in [0, 0.05) is 12.2 Å². The fourth-order valence-electron chi connectivity index (χ4n) is 1.21. The summed E-state index contributed by atoms with van der Waals surface area (Å²) in [5.41, 5.74) is -0.0761. The third-order valence-corrected chi connectivity index (χ3v) is 3.33. The molecule has 1 aliphatic rings. The number of hydrogen-bond donors (Lipinski definition) is 0. The SMILES string of the molecule is C=C(C)C(=O)OC(C)C(=O)OC1COCCCS1. The van der Waals surface area contributed by atoms with E-state index in [0.717, 1.165) is 12.2 Å². The van der Waals surface area contributed by atoms with Gasteiger partial charge in [-0.05, 0) is 26.0 Å². The van der Waals surface area contributed by atoms with Crippen LogP contribution in [0.4, 0.5) is 0 Å². The van der Waals surface area contributed by atoms with E-state index in [1.165, 1.54) is 25.6 Å². The predicted octanol–water partition coefficient (Wildman–Crippen LogP) is 1.52. The van der Waals surface area contributed by atoms with Crippen molar-refractivity contribution in [3.05, 3.63) is 12.2 Å². The third-order valence-electron chi connectivity index (χ3n) is 2.20. The van der Waals surface area contributed by atoms with Gasteiger partial charge in [-0.2, -0.15) is 0 Å². The lowest BCUT2D eigenvalue weighted by atomic mass is 10.3. The minimum Gasteiger partial charge on any atom is -0.447 e. The van der Waals surface area contributed by atoms with Gasteiger partial charge in [0.15, 0.2) is 11.5 Å². The maximum atomic E-state index is 11.7. The molecule has 0 aliphatic carbocycles. The van der Waals surface area contributed by atoms with Gasteiger partial charge in [-0.15, -0.1) is 11.8 Å². The lowest BCUT2D eigenvalue weighted by Gasteiger charge is -2.18. The quantitative estimate of drug-likeness (QED) is 0.572. The number of carbonyl (C=O) groups excluding carboxylic acids is 2. The van der Waals surface area contributed by atoms with E-state index in [1.54, 1.807) is 0 Å². The van der Waals surface area contributed by atoms with Crippen molar-refractivity contribution < 1.29 is 23.8 Å². The molecule has 0 saturated carbocycles. The Bertz CT molecular complexity index is 320. The Morgan fingerprint density at radius 2 is 2.22 bits per heavy atom. The molecule has 1 fully saturated rings. The zero-order chi connectivity index (χ0) is 13.5. The summed E-state index contributed by atoms with van der Waals surface area (Å²) in [4.78, 5) is 22.9. The third kappa shape index (κ3) is 5.10. The number of ether oxygens (including phenoxy) is 3. The number of esters is 2. The molecule has 0 aromatic heterocycles. The minimum atomic E-state index is -0.932. The van der Waals surface area contributed by atoms with Gasteiger partial charge in [0.2, 0.25) is 0 Å². The van der Waals surface area contributed by atoms with Crippen molar-refractivity contribution in [1.82, 2.24) is 0 Å². The molecule has 6 heteroatoms. The Morgan fingerprint density at radius 1 is 1.50 bits per heavy atom. The van der Waals surface area contributed by atoms with Crippen LogP contribution in [-0.2, 0) is 23.8 Å². The number of rotatable bonds is 4. The molecular weight excluding hydrogens is 256 g/mol. The summed E-state index contributed by atoms with van der Waals surface area (Å²) in [6.45, 7) is 7.50. The first kappa shape index (κ1) is 15.0. The average Bonchev–Trinajstić information content (AvgIpc) is 2.57. The Hall–Kier alpha value is -1.01. The zero-order valence-electron chi connectivity index (χ0n) is 10.6. The van der Waals surface area contributed by atoms with Gasteiger partial charge in [-0.1, -0.05) is 6.58 Å². The highest BCUT2D eigenvalue weighted by atomic mass is 32.2. The fourth-order valence-corrected chi connectivity index (χ4v) is 2.11. The van der Waals surface area contributed by atoms with Crippen LogP contribution in [0.15, 0.2) is 12.2 Å². The first-order valence-electron chi connectivity index (χ1n) is 5.77. The van der Waals surface area contributed by atoms with Crippen molar-refractivity contribution in [2.75, 3.05) is 19.0 Å². The summed E-state index contributed by atoms with van der Waals surface area (Å²) in [6, 6.07) is 0. The van der Waals surface area contributed by atoms with Crippen molar-refractivity contribution >= 4 is 23.7 Å². The summed E-state index contributed by atoms with van der Waals surface area (Å²) in [7, 11) is 0. The monoisotopic (exact) mass is 274 g/mol. The molecule has 1 rings (SSSR count). The van der Waals surface area contributed by atoms with E-state index in [0.29, 0.717) is 13.2 Å². The second-order valence-electron chi connectivity index (χ2n) is 3.99. The Labute approximate surface area is 111 Å². The van der Waals surface area contributed by atoms with Crippen molar-refractivity contribution in [1.29, 1.82) is 0 Å². The normalized spacial score (nSPS) is 21.6. The van der Waals surface area contributed by atoms with Crippen LogP contribution in [0.3, 0.4) is 0 Å². The molecule has 1 saturated heterocycles. The van der Waals surface area contributed by atoms with E-state index in [9.17, 15) is 9.59 Å². The van der Waals surface area contributed by atoms with Crippen LogP contribution in [0, 0.1) is 0 Å². The second kappa shape index (κ2) is 7.43. The van der Waals surface area contributed by atoms with Gasteiger partial charge >= 0.3 is 11.9 Å². The van der Waals surface area contributed by atoms with Crippen LogP contribution < -0.4 is 0 Å². The standard InChI is InChI=1S/C12H18O5S/c1-8(2)11(13)16-9(3)12(14)17-10-7-15-5-4-6-18-10/h9-10H,1,4-7H2,2-3H3. The van der Waals surface area contributed by atoms with Crippen molar-refractivity contribution in [2.45, 2.75) is 31.8 Å². The molecule has 18 heavy (non-hydrogen) atoms. The van der Waals surface area contributed by atoms with Gasteiger partial charge in [-0.25, -0.2) is 9.59 Å². The largest absolute Gasteiger partial charge is 0.447 e. The zero-order valence-corrected chi connectivity index (χ0v) is 11.5. The summed E-state index contributed by atoms with van der Waals surface area (Å²) in [5.74, 6) is -0.269. The summed E-state index contributed by atoms with van der Waals surface area (Å²) in [6.07, 6.45) is 0.0110. The highest BCUT2D eigenvalue weighted by Crippen LogP contribution is 2.18. The molecule has 0 bridgehead atoms. The maximum absolute atomic E-state index is 11.7. The average molecular weight is 274 g/mol. The summed E-state index contributed by atoms with van der Waals surface area (Å²) in [5, 5.41) is 0. The number of hydrogen-bond acceptors (Lipinski definition) is 6. The lowest BCUT2D eigenvalue weighted by Crippen LogP contribution is -2.30. The van der Waals surface area contributed by atoms with Crippen LogP contribution >= 0.6 is 11.8 Å². The van der Waals surface area contributed by atoms with Crippen LogP contribution in [0.25, 0.3) is 0 Å². The highest BCUT2D eigenvalue weighted by Gasteiger charge is 2.24. The van der Waals surface area contributed by atoms with E-state index >= 15 is 0 Å². The first-order chi connectivity index (χ1) is 8.50. The van der Waals surface area contributed by atoms with Gasteiger partial charge in [0.05, 0.1) is 6.61 Å². The molecule has 0 aromatic rings. The Morgan fingerprint density at radius 3 is 2.89 bits per heavy atom. The van der Waals surface area contributed by atoms with Gasteiger partial charge in [-0.3, -0.25) is 0 Å². The molecule has 1 aliphatic heterocycles. The molecule has 0 radical (unpaired) electrons. The predicted molar refractivity (Wildman–Crippen MR) is 68.1 cm³/mol. The van der Waals surface area contributed by atoms with Crippen molar-refractivity contribution in [2.24, 2.45) is 0 Å². The minimum absolute atomic E-state index is 0.252. The van der Waals surface area contributed by atoms with E-state index < -0.39 is 18.0 Å². The summed E-state index contributed by atoms with van der Waals surface area (Å²) < 4.78 is 15.4. The summed E-state index contributed by atoms with van der Waals surface area (Å²) >= 11 is 1.53. The smallest absolute Gasteiger partial charge is 0.348 e. The lowest BCUT2D eigenvalue weighted by molar-refractivity contribution is -0.166. The molecule has 2 atom stereocenters. The molecule has 1 heterocycles. The van der Waals surface area contributed by atoms with E-state index in [-0.39, 0.29) is 11.0 Å². The van der Waals surface area contributed by atoms with Crippen LogP contribution in [0.2, 0.25) is 0 Å². The van der Waals surface area contributed by atoms with E-state index in [1.807, 2.05) is 0 Å². The topological polar surface area (TPSA) is 61.8 Å². The first-order valence-corrected chi connectivity index (χ1v) is 6.82. The number of thioether (sulfide) groups is 1. The molecule has 2 unspecified atom stereocenters. The van der Waals surface area contributed by atoms with E-state index in [2.05, 4.69) is 6.58 Å². The van der Waals surface area contributed by atoms with Crippen LogP contribution in [0.1, 0.15) is 20.3 Å². The molecular formula is C12H18O5S. The molecule has 0 spiro atoms. The maximum Gasteiger partial charge on any atom is 0.348 e. The van der Waals surface area contributed by atoms with Gasteiger partial charge in [0.25, 0.3) is 0 Å². The van der Waals surface area contributed by atoms with Crippen molar-refractivity contribution in [3.8, 4) is 0 Å². The second-order valence-corrected chi connectivity index (χ2v) is 5.26. The van der Waals surface area contributed by atoms with Crippen LogP contribution in [-0.4, -0.2) is 42.4 Å². The van der Waals surface area contributed by atoms with Crippen molar-refractivity contribution in [3.63, 3.8) is 0 Å². The molecule has 0 aromatic carbocycles. The molecule has 0 amide bonds. The van der Waals surface area contributed by atoms with Gasteiger partial charge < -0.3 is 14.2 Å². The fraction of sp³-hybridized carbons (Fsp3) is 0.667. The molecule has 102 valence electrons. The Kier molecular flexibility index (Phi) is 6.21. The van der Waals surface area contributed by atoms with Crippen LogP contribution in [0.5, 0.6) is 0 Å². The molecule has 5 nitrogen and oxygen atoms in total. The highest BCUT2D eigenvalue weighted by molar-refractivity contribution is 7.99. The van der Waals surface area contributed by atoms with Gasteiger partial charge in [0.1, 0.15) is 0 Å². The molecule has 0 N–H and O–H groups in total. The van der Waals surface area contributed by atoms with E-state index in [4.69, 9.17) is 14.2 Å².